The summed E-state index contributed by atoms with van der Waals surface area (Å²) in [6.45, 7) is 4.33. The second-order valence-electron chi connectivity index (χ2n) is 7.86. The lowest BCUT2D eigenvalue weighted by molar-refractivity contribution is 0.0948. The number of benzene rings is 2. The molecule has 1 saturated heterocycles. The van der Waals surface area contributed by atoms with Gasteiger partial charge in [-0.05, 0) is 37.4 Å². The second kappa shape index (κ2) is 9.63. The monoisotopic (exact) mass is 400 g/mol. The van der Waals surface area contributed by atoms with Crippen LogP contribution in [0.1, 0.15) is 58.3 Å². The predicted molar refractivity (Wildman–Crippen MR) is 118 cm³/mol. The zero-order valence-electron chi connectivity index (χ0n) is 17.4. The number of amides is 1. The van der Waals surface area contributed by atoms with Gasteiger partial charge in [0.25, 0.3) is 5.91 Å². The number of carbonyl (C=O) groups is 1. The highest BCUT2D eigenvalue weighted by atomic mass is 16.1. The molecule has 0 bridgehead atoms. The predicted octanol–water partition coefficient (Wildman–Crippen LogP) is 4.44. The van der Waals surface area contributed by atoms with Crippen LogP contribution in [0.15, 0.2) is 66.9 Å². The zero-order valence-corrected chi connectivity index (χ0v) is 17.4. The summed E-state index contributed by atoms with van der Waals surface area (Å²) < 4.78 is 0. The molecule has 154 valence electrons. The molecule has 0 saturated carbocycles. The average Bonchev–Trinajstić information content (AvgIpc) is 2.79. The molecule has 1 N–H and O–H groups in total. The Bertz CT molecular complexity index is 975. The first-order valence-corrected chi connectivity index (χ1v) is 10.6. The Hall–Kier alpha value is -3.05. The maximum absolute atomic E-state index is 12.6. The number of hydrogen-bond acceptors (Lipinski definition) is 4. The molecule has 0 spiro atoms. The van der Waals surface area contributed by atoms with E-state index in [1.54, 1.807) is 6.20 Å². The van der Waals surface area contributed by atoms with E-state index in [9.17, 15) is 4.79 Å². The van der Waals surface area contributed by atoms with Crippen molar-refractivity contribution < 1.29 is 4.79 Å². The molecule has 1 aliphatic heterocycles. The van der Waals surface area contributed by atoms with Crippen LogP contribution in [0.5, 0.6) is 0 Å². The van der Waals surface area contributed by atoms with E-state index < -0.39 is 0 Å². The molecule has 1 aliphatic rings. The largest absolute Gasteiger partial charge is 0.348 e. The van der Waals surface area contributed by atoms with Crippen molar-refractivity contribution in [1.29, 1.82) is 0 Å². The minimum atomic E-state index is -0.132. The summed E-state index contributed by atoms with van der Waals surface area (Å²) in [4.78, 5) is 24.5. The van der Waals surface area contributed by atoms with E-state index in [0.717, 1.165) is 36.6 Å². The van der Waals surface area contributed by atoms with Gasteiger partial charge >= 0.3 is 0 Å². The summed E-state index contributed by atoms with van der Waals surface area (Å²) in [7, 11) is 0. The molecule has 30 heavy (non-hydrogen) atoms. The summed E-state index contributed by atoms with van der Waals surface area (Å²) >= 11 is 0. The van der Waals surface area contributed by atoms with Gasteiger partial charge in [-0.15, -0.1) is 0 Å². The molecule has 5 heteroatoms. The maximum Gasteiger partial charge on any atom is 0.254 e. The van der Waals surface area contributed by atoms with Gasteiger partial charge in [0, 0.05) is 19.3 Å². The van der Waals surface area contributed by atoms with Crippen LogP contribution in [-0.4, -0.2) is 27.3 Å². The van der Waals surface area contributed by atoms with E-state index in [0.29, 0.717) is 12.1 Å². The Balaban J connectivity index is 1.46. The van der Waals surface area contributed by atoms with Crippen LogP contribution in [-0.2, 0) is 13.1 Å². The molecule has 3 aromatic rings. The minimum absolute atomic E-state index is 0.132. The van der Waals surface area contributed by atoms with Gasteiger partial charge in [-0.1, -0.05) is 67.1 Å². The van der Waals surface area contributed by atoms with Gasteiger partial charge in [0.15, 0.2) is 0 Å². The van der Waals surface area contributed by atoms with E-state index >= 15 is 0 Å². The van der Waals surface area contributed by atoms with Crippen molar-refractivity contribution in [2.75, 3.05) is 6.54 Å². The van der Waals surface area contributed by atoms with E-state index in [1.165, 1.54) is 18.4 Å². The van der Waals surface area contributed by atoms with Gasteiger partial charge in [-0.25, -0.2) is 9.97 Å². The first-order chi connectivity index (χ1) is 14.7. The van der Waals surface area contributed by atoms with Crippen molar-refractivity contribution in [2.24, 2.45) is 0 Å². The quantitative estimate of drug-likeness (QED) is 0.664. The van der Waals surface area contributed by atoms with Crippen LogP contribution in [0, 0.1) is 6.92 Å². The third kappa shape index (κ3) is 4.92. The Kier molecular flexibility index (Phi) is 6.50. The van der Waals surface area contributed by atoms with Crippen molar-refractivity contribution in [3.05, 3.63) is 95.1 Å². The number of aryl methyl sites for hydroxylation is 1. The van der Waals surface area contributed by atoms with Crippen molar-refractivity contribution in [1.82, 2.24) is 20.2 Å². The van der Waals surface area contributed by atoms with E-state index in [2.05, 4.69) is 39.5 Å². The fourth-order valence-electron chi connectivity index (χ4n) is 4.03. The Labute approximate surface area is 178 Å². The summed E-state index contributed by atoms with van der Waals surface area (Å²) in [5, 5.41) is 2.97. The minimum Gasteiger partial charge on any atom is -0.348 e. The number of aromatic nitrogens is 2. The molecule has 0 aliphatic carbocycles. The van der Waals surface area contributed by atoms with Gasteiger partial charge in [0.05, 0.1) is 17.3 Å². The van der Waals surface area contributed by atoms with Crippen molar-refractivity contribution in [2.45, 2.75) is 45.3 Å². The number of rotatable bonds is 6. The maximum atomic E-state index is 12.6. The van der Waals surface area contributed by atoms with Crippen molar-refractivity contribution in [3.8, 4) is 0 Å². The molecule has 1 aromatic heterocycles. The first kappa shape index (κ1) is 20.2. The van der Waals surface area contributed by atoms with Crippen LogP contribution < -0.4 is 5.32 Å². The van der Waals surface area contributed by atoms with Gasteiger partial charge in [-0.2, -0.15) is 0 Å². The molecule has 0 unspecified atom stereocenters. The highest BCUT2D eigenvalue weighted by Crippen LogP contribution is 2.30. The molecular weight excluding hydrogens is 372 g/mol. The highest BCUT2D eigenvalue weighted by molar-refractivity contribution is 5.94. The number of hydrogen-bond donors (Lipinski definition) is 1. The molecule has 2 aromatic carbocycles. The number of nitrogens with one attached hydrogen (secondary N) is 1. The lowest BCUT2D eigenvalue weighted by atomic mass is 10.00. The number of carbonyl (C=O) groups excluding carboxylic acids is 1. The van der Waals surface area contributed by atoms with E-state index in [4.69, 9.17) is 4.98 Å². The summed E-state index contributed by atoms with van der Waals surface area (Å²) in [6.07, 6.45) is 5.11. The van der Waals surface area contributed by atoms with Gasteiger partial charge in [-0.3, -0.25) is 9.69 Å². The van der Waals surface area contributed by atoms with Crippen LogP contribution in [0.4, 0.5) is 0 Å². The van der Waals surface area contributed by atoms with Crippen LogP contribution in [0.2, 0.25) is 0 Å². The Morgan fingerprint density at radius 1 is 1.03 bits per heavy atom. The van der Waals surface area contributed by atoms with E-state index in [1.807, 2.05) is 43.3 Å². The van der Waals surface area contributed by atoms with Crippen LogP contribution in [0.25, 0.3) is 0 Å². The lowest BCUT2D eigenvalue weighted by Gasteiger charge is -2.34. The van der Waals surface area contributed by atoms with Gasteiger partial charge in [0.1, 0.15) is 5.82 Å². The molecule has 1 fully saturated rings. The molecule has 1 amide bonds. The topological polar surface area (TPSA) is 58.1 Å². The molecule has 4 rings (SSSR count). The Morgan fingerprint density at radius 3 is 2.43 bits per heavy atom. The van der Waals surface area contributed by atoms with Gasteiger partial charge < -0.3 is 5.32 Å². The van der Waals surface area contributed by atoms with Crippen molar-refractivity contribution >= 4 is 5.91 Å². The lowest BCUT2D eigenvalue weighted by Crippen LogP contribution is -2.34. The average molecular weight is 401 g/mol. The molecule has 1 atom stereocenters. The normalized spacial score (nSPS) is 16.9. The third-order valence-electron chi connectivity index (χ3n) is 5.68. The van der Waals surface area contributed by atoms with Crippen molar-refractivity contribution in [3.63, 3.8) is 0 Å². The second-order valence-corrected chi connectivity index (χ2v) is 7.86. The zero-order chi connectivity index (χ0) is 20.8. The highest BCUT2D eigenvalue weighted by Gasteiger charge is 2.27. The van der Waals surface area contributed by atoms with Crippen LogP contribution >= 0.6 is 0 Å². The standard InChI is InChI=1S/C25H28N4O/c1-19-22(25(30)27-16-20-10-4-2-5-11-20)17-26-24(28-19)23-14-8-9-15-29(23)18-21-12-6-3-7-13-21/h2-7,10-13,17,23H,8-9,14-16,18H2,1H3,(H,27,30)/t23-/m0/s1. The van der Waals surface area contributed by atoms with E-state index in [-0.39, 0.29) is 11.9 Å². The molecule has 2 heterocycles. The first-order valence-electron chi connectivity index (χ1n) is 10.6. The summed E-state index contributed by atoms with van der Waals surface area (Å²) in [5.41, 5.74) is 3.65. The SMILES string of the molecule is Cc1nc([C@@H]2CCCCN2Cc2ccccc2)ncc1C(=O)NCc1ccccc1. The number of likely N-dealkylation sites (tertiary alicyclic amines) is 1. The number of nitrogens with zero attached hydrogens (tertiary/aromatic N) is 3. The van der Waals surface area contributed by atoms with Crippen LogP contribution in [0.3, 0.4) is 0 Å². The fraction of sp³-hybridized carbons (Fsp3) is 0.320. The molecule has 5 nitrogen and oxygen atoms in total. The third-order valence-corrected chi connectivity index (χ3v) is 5.68. The van der Waals surface area contributed by atoms with Gasteiger partial charge in [0.2, 0.25) is 0 Å². The smallest absolute Gasteiger partial charge is 0.254 e. The molecule has 0 radical (unpaired) electrons. The summed E-state index contributed by atoms with van der Waals surface area (Å²) in [6, 6.07) is 20.6. The number of piperidine rings is 1. The Morgan fingerprint density at radius 2 is 1.73 bits per heavy atom. The molecular formula is C25H28N4O. The summed E-state index contributed by atoms with van der Waals surface area (Å²) in [5.74, 6) is 0.690. The fourth-order valence-corrected chi connectivity index (χ4v) is 4.03.